The quantitative estimate of drug-likeness (QED) is 0.725. The van der Waals surface area contributed by atoms with Crippen molar-refractivity contribution in [3.8, 4) is 5.75 Å². The molecule has 0 aliphatic carbocycles. The van der Waals surface area contributed by atoms with Gasteiger partial charge in [-0.2, -0.15) is 0 Å². The molecule has 1 rings (SSSR count). The third-order valence-electron chi connectivity index (χ3n) is 2.46. The minimum atomic E-state index is -1.05. The summed E-state index contributed by atoms with van der Waals surface area (Å²) in [5, 5.41) is 18.1. The molecule has 1 aromatic carbocycles. The van der Waals surface area contributed by atoms with E-state index in [0.717, 1.165) is 0 Å². The van der Waals surface area contributed by atoms with Crippen LogP contribution in [0, 0.1) is 12.7 Å². The van der Waals surface area contributed by atoms with E-state index in [4.69, 9.17) is 10.8 Å². The van der Waals surface area contributed by atoms with Gasteiger partial charge in [-0.15, -0.1) is 0 Å². The maximum absolute atomic E-state index is 13.6. The van der Waals surface area contributed by atoms with Crippen LogP contribution in [0.15, 0.2) is 12.1 Å². The number of aromatic hydroxyl groups is 1. The second-order valence-electron chi connectivity index (χ2n) is 3.69. The highest BCUT2D eigenvalue weighted by molar-refractivity contribution is 5.68. The Morgan fingerprint density at radius 1 is 1.56 bits per heavy atom. The minimum Gasteiger partial charge on any atom is -0.508 e. The molecule has 0 aromatic heterocycles. The van der Waals surface area contributed by atoms with Crippen LogP contribution in [0.25, 0.3) is 0 Å². The molecular formula is C11H14FNO3. The van der Waals surface area contributed by atoms with Crippen LogP contribution in [-0.4, -0.2) is 22.7 Å². The first kappa shape index (κ1) is 12.4. The fourth-order valence-corrected chi connectivity index (χ4v) is 1.52. The Balaban J connectivity index is 3.09. The molecule has 4 N–H and O–H groups in total. The normalized spacial score (nSPS) is 12.4. The number of nitrogens with two attached hydrogens (primary N) is 1. The SMILES string of the molecule is Cc1cc(F)c(C(CN)CC(=O)O)cc1O. The highest BCUT2D eigenvalue weighted by atomic mass is 19.1. The summed E-state index contributed by atoms with van der Waals surface area (Å²) < 4.78 is 13.6. The number of aryl methyl sites for hydroxylation is 1. The monoisotopic (exact) mass is 227 g/mol. The first-order valence-corrected chi connectivity index (χ1v) is 4.86. The van der Waals surface area contributed by atoms with Gasteiger partial charge in [0.15, 0.2) is 0 Å². The van der Waals surface area contributed by atoms with Gasteiger partial charge in [0.1, 0.15) is 11.6 Å². The van der Waals surface area contributed by atoms with Gasteiger partial charge in [-0.3, -0.25) is 4.79 Å². The smallest absolute Gasteiger partial charge is 0.304 e. The van der Waals surface area contributed by atoms with E-state index in [2.05, 4.69) is 0 Å². The molecule has 0 saturated heterocycles. The summed E-state index contributed by atoms with van der Waals surface area (Å²) in [7, 11) is 0. The van der Waals surface area contributed by atoms with E-state index in [1.54, 1.807) is 6.92 Å². The molecule has 0 heterocycles. The molecule has 0 amide bonds. The largest absolute Gasteiger partial charge is 0.508 e. The molecule has 16 heavy (non-hydrogen) atoms. The van der Waals surface area contributed by atoms with Crippen molar-refractivity contribution < 1.29 is 19.4 Å². The standard InChI is InChI=1S/C11H14FNO3/c1-6-2-9(12)8(4-10(6)14)7(5-13)3-11(15)16/h2,4,7,14H,3,5,13H2,1H3,(H,15,16). The lowest BCUT2D eigenvalue weighted by molar-refractivity contribution is -0.137. The van der Waals surface area contributed by atoms with Gasteiger partial charge in [0, 0.05) is 5.92 Å². The van der Waals surface area contributed by atoms with Crippen LogP contribution in [0.5, 0.6) is 5.75 Å². The maximum atomic E-state index is 13.6. The van der Waals surface area contributed by atoms with Crippen LogP contribution < -0.4 is 5.73 Å². The van der Waals surface area contributed by atoms with Crippen molar-refractivity contribution in [3.05, 3.63) is 29.1 Å². The molecule has 1 unspecified atom stereocenters. The zero-order valence-corrected chi connectivity index (χ0v) is 8.90. The lowest BCUT2D eigenvalue weighted by atomic mass is 9.94. The van der Waals surface area contributed by atoms with Crippen LogP contribution in [-0.2, 0) is 4.79 Å². The van der Waals surface area contributed by atoms with Gasteiger partial charge in [0.05, 0.1) is 6.42 Å². The molecule has 1 aromatic rings. The number of hydrogen-bond acceptors (Lipinski definition) is 3. The summed E-state index contributed by atoms with van der Waals surface area (Å²) >= 11 is 0. The molecule has 0 saturated carbocycles. The van der Waals surface area contributed by atoms with E-state index in [-0.39, 0.29) is 24.3 Å². The second-order valence-corrected chi connectivity index (χ2v) is 3.69. The number of benzene rings is 1. The van der Waals surface area contributed by atoms with Crippen LogP contribution in [0.4, 0.5) is 4.39 Å². The van der Waals surface area contributed by atoms with Gasteiger partial charge in [0.25, 0.3) is 0 Å². The number of hydrogen-bond donors (Lipinski definition) is 3. The van der Waals surface area contributed by atoms with Crippen molar-refractivity contribution in [2.75, 3.05) is 6.54 Å². The van der Waals surface area contributed by atoms with Crippen molar-refractivity contribution in [2.45, 2.75) is 19.3 Å². The fourth-order valence-electron chi connectivity index (χ4n) is 1.52. The van der Waals surface area contributed by atoms with E-state index < -0.39 is 17.7 Å². The van der Waals surface area contributed by atoms with Gasteiger partial charge >= 0.3 is 5.97 Å². The average Bonchev–Trinajstić information content (AvgIpc) is 2.20. The Labute approximate surface area is 92.5 Å². The zero-order chi connectivity index (χ0) is 12.3. The Hall–Kier alpha value is -1.62. The molecule has 0 fully saturated rings. The van der Waals surface area contributed by atoms with Crippen molar-refractivity contribution in [2.24, 2.45) is 5.73 Å². The van der Waals surface area contributed by atoms with E-state index in [0.29, 0.717) is 5.56 Å². The van der Waals surface area contributed by atoms with Gasteiger partial charge < -0.3 is 15.9 Å². The van der Waals surface area contributed by atoms with Crippen molar-refractivity contribution in [1.82, 2.24) is 0 Å². The van der Waals surface area contributed by atoms with Crippen LogP contribution in [0.2, 0.25) is 0 Å². The zero-order valence-electron chi connectivity index (χ0n) is 8.90. The molecule has 0 spiro atoms. The molecule has 0 bridgehead atoms. The molecule has 0 radical (unpaired) electrons. The summed E-state index contributed by atoms with van der Waals surface area (Å²) in [6.07, 6.45) is -0.254. The van der Waals surface area contributed by atoms with Gasteiger partial charge in [-0.1, -0.05) is 0 Å². The number of halogens is 1. The minimum absolute atomic E-state index is 0.0196. The summed E-state index contributed by atoms with van der Waals surface area (Å²) in [6, 6.07) is 2.42. The Morgan fingerprint density at radius 3 is 2.69 bits per heavy atom. The van der Waals surface area contributed by atoms with E-state index >= 15 is 0 Å². The average molecular weight is 227 g/mol. The van der Waals surface area contributed by atoms with Crippen molar-refractivity contribution in [1.29, 1.82) is 0 Å². The number of aliphatic carboxylic acids is 1. The molecule has 88 valence electrons. The highest BCUT2D eigenvalue weighted by Crippen LogP contribution is 2.28. The lowest BCUT2D eigenvalue weighted by Gasteiger charge is -2.14. The number of carbonyl (C=O) groups is 1. The topological polar surface area (TPSA) is 83.6 Å². The lowest BCUT2D eigenvalue weighted by Crippen LogP contribution is -2.17. The molecule has 1 atom stereocenters. The van der Waals surface area contributed by atoms with Crippen molar-refractivity contribution >= 4 is 5.97 Å². The van der Waals surface area contributed by atoms with Crippen LogP contribution in [0.1, 0.15) is 23.5 Å². The number of carboxylic acid groups (broad SMARTS) is 1. The van der Waals surface area contributed by atoms with Crippen LogP contribution >= 0.6 is 0 Å². The van der Waals surface area contributed by atoms with E-state index in [1.807, 2.05) is 0 Å². The van der Waals surface area contributed by atoms with E-state index in [1.165, 1.54) is 12.1 Å². The van der Waals surface area contributed by atoms with Crippen molar-refractivity contribution in [3.63, 3.8) is 0 Å². The number of phenolic OH excluding ortho intramolecular Hbond substituents is 1. The Kier molecular flexibility index (Phi) is 3.84. The Bertz CT molecular complexity index is 406. The predicted molar refractivity (Wildman–Crippen MR) is 56.9 cm³/mol. The Morgan fingerprint density at radius 2 is 2.19 bits per heavy atom. The number of carboxylic acids is 1. The fraction of sp³-hybridized carbons (Fsp3) is 0.364. The first-order chi connectivity index (χ1) is 7.45. The summed E-state index contributed by atoms with van der Waals surface area (Å²) in [5.41, 5.74) is 5.95. The molecular weight excluding hydrogens is 213 g/mol. The molecule has 0 aliphatic heterocycles. The van der Waals surface area contributed by atoms with Gasteiger partial charge in [-0.05, 0) is 36.7 Å². The third kappa shape index (κ3) is 2.70. The number of phenols is 1. The maximum Gasteiger partial charge on any atom is 0.304 e. The molecule has 4 nitrogen and oxygen atoms in total. The summed E-state index contributed by atoms with van der Waals surface area (Å²) in [4.78, 5) is 10.6. The molecule has 5 heteroatoms. The third-order valence-corrected chi connectivity index (χ3v) is 2.46. The second kappa shape index (κ2) is 4.94. The molecule has 0 aliphatic rings. The van der Waals surface area contributed by atoms with Gasteiger partial charge in [0.2, 0.25) is 0 Å². The first-order valence-electron chi connectivity index (χ1n) is 4.86. The summed E-state index contributed by atoms with van der Waals surface area (Å²) in [6.45, 7) is 1.59. The number of rotatable bonds is 4. The van der Waals surface area contributed by atoms with Crippen LogP contribution in [0.3, 0.4) is 0 Å². The summed E-state index contributed by atoms with van der Waals surface area (Å²) in [5.74, 6) is -2.26. The van der Waals surface area contributed by atoms with E-state index in [9.17, 15) is 14.3 Å². The highest BCUT2D eigenvalue weighted by Gasteiger charge is 2.19. The van der Waals surface area contributed by atoms with Gasteiger partial charge in [-0.25, -0.2) is 4.39 Å². The predicted octanol–water partition coefficient (Wildman–Crippen LogP) is 1.36.